The Balaban J connectivity index is 2.42. The van der Waals surface area contributed by atoms with Gasteiger partial charge in [0.1, 0.15) is 22.3 Å². The quantitative estimate of drug-likeness (QED) is 0.469. The fourth-order valence-corrected chi connectivity index (χ4v) is 2.87. The highest BCUT2D eigenvalue weighted by atomic mass is 16.5. The minimum Gasteiger partial charge on any atom is -0.462 e. The molecule has 1 aliphatic heterocycles. The van der Waals surface area contributed by atoms with E-state index in [9.17, 15) is 14.4 Å². The molecule has 0 amide bonds. The monoisotopic (exact) mass is 385 g/mol. The third-order valence-electron chi connectivity index (χ3n) is 3.93. The lowest BCUT2D eigenvalue weighted by atomic mass is 10.1. The summed E-state index contributed by atoms with van der Waals surface area (Å²) in [6.45, 7) is 5.08. The van der Waals surface area contributed by atoms with Gasteiger partial charge in [-0.2, -0.15) is 0 Å². The minimum absolute atomic E-state index is 0.0248. The number of esters is 3. The van der Waals surface area contributed by atoms with Gasteiger partial charge >= 0.3 is 17.9 Å². The number of carbonyl (C=O) groups excluding carboxylic acids is 3. The Morgan fingerprint density at radius 2 is 1.36 bits per heavy atom. The maximum absolute atomic E-state index is 12.7. The summed E-state index contributed by atoms with van der Waals surface area (Å²) < 4.78 is 21.1. The van der Waals surface area contributed by atoms with Crippen molar-refractivity contribution in [2.75, 3.05) is 19.8 Å². The van der Waals surface area contributed by atoms with Gasteiger partial charge < -0.3 is 18.6 Å². The van der Waals surface area contributed by atoms with Crippen LogP contribution in [0.1, 0.15) is 51.8 Å². The van der Waals surface area contributed by atoms with E-state index in [4.69, 9.17) is 18.6 Å². The lowest BCUT2D eigenvalue weighted by Crippen LogP contribution is -2.16. The summed E-state index contributed by atoms with van der Waals surface area (Å²) in [5.74, 6) is -2.50. The largest absolute Gasteiger partial charge is 0.462 e. The summed E-state index contributed by atoms with van der Waals surface area (Å²) >= 11 is 0. The molecular formula is C20H19NO7. The number of ether oxygens (including phenoxy) is 3. The normalized spacial score (nSPS) is 10.8. The van der Waals surface area contributed by atoms with Crippen LogP contribution in [0.3, 0.4) is 0 Å². The fraction of sp³-hybridized carbons (Fsp3) is 0.300. The van der Waals surface area contributed by atoms with Crippen molar-refractivity contribution in [1.29, 1.82) is 0 Å². The Hall–Kier alpha value is -3.42. The number of nitrogens with zero attached hydrogens (tertiary/aromatic N) is 1. The second-order valence-electron chi connectivity index (χ2n) is 5.65. The number of hydrogen-bond donors (Lipinski definition) is 0. The van der Waals surface area contributed by atoms with E-state index in [1.807, 2.05) is 0 Å². The van der Waals surface area contributed by atoms with Crippen LogP contribution in [-0.4, -0.2) is 42.7 Å². The van der Waals surface area contributed by atoms with Crippen LogP contribution in [0.5, 0.6) is 0 Å². The zero-order chi connectivity index (χ0) is 20.3. The zero-order valence-electron chi connectivity index (χ0n) is 15.7. The molecule has 0 fully saturated rings. The summed E-state index contributed by atoms with van der Waals surface area (Å²) in [7, 11) is 0. The van der Waals surface area contributed by atoms with E-state index in [1.165, 1.54) is 0 Å². The first kappa shape index (κ1) is 19.3. The van der Waals surface area contributed by atoms with Crippen LogP contribution in [0.25, 0.3) is 22.6 Å². The predicted molar refractivity (Wildman–Crippen MR) is 98.5 cm³/mol. The number of aromatic nitrogens is 1. The average Bonchev–Trinajstić information content (AvgIpc) is 3.01. The smallest absolute Gasteiger partial charge is 0.342 e. The van der Waals surface area contributed by atoms with Crippen molar-refractivity contribution in [3.05, 3.63) is 41.0 Å². The van der Waals surface area contributed by atoms with Crippen LogP contribution in [-0.2, 0) is 14.2 Å². The van der Waals surface area contributed by atoms with E-state index >= 15 is 0 Å². The summed E-state index contributed by atoms with van der Waals surface area (Å²) in [6, 6.07) is 6.85. The molecule has 1 aromatic rings. The topological polar surface area (TPSA) is 105 Å². The number of fused-ring (bicyclic) bond motifs is 2. The highest BCUT2D eigenvalue weighted by molar-refractivity contribution is 6.18. The van der Waals surface area contributed by atoms with Gasteiger partial charge in [-0.15, -0.1) is 0 Å². The first-order valence-corrected chi connectivity index (χ1v) is 8.89. The van der Waals surface area contributed by atoms with E-state index in [0.29, 0.717) is 11.1 Å². The van der Waals surface area contributed by atoms with Gasteiger partial charge in [0.25, 0.3) is 0 Å². The number of hydrogen-bond acceptors (Lipinski definition) is 8. The van der Waals surface area contributed by atoms with Crippen molar-refractivity contribution in [3.63, 3.8) is 0 Å². The molecule has 8 heteroatoms. The zero-order valence-corrected chi connectivity index (χ0v) is 15.7. The highest BCUT2D eigenvalue weighted by Gasteiger charge is 2.40. The Labute approximate surface area is 160 Å². The summed E-state index contributed by atoms with van der Waals surface area (Å²) in [5, 5.41) is 0. The van der Waals surface area contributed by atoms with E-state index < -0.39 is 17.9 Å². The number of carbonyl (C=O) groups is 3. The first-order chi connectivity index (χ1) is 13.5. The van der Waals surface area contributed by atoms with E-state index in [2.05, 4.69) is 4.98 Å². The summed E-state index contributed by atoms with van der Waals surface area (Å²) in [6.07, 6.45) is 0. The Kier molecular flexibility index (Phi) is 5.58. The average molecular weight is 385 g/mol. The minimum atomic E-state index is -0.856. The molecule has 28 heavy (non-hydrogen) atoms. The Bertz CT molecular complexity index is 949. The molecule has 0 saturated heterocycles. The molecule has 0 atom stereocenters. The standard InChI is InChI=1S/C20H19NO7/c1-4-25-18(22)13-14(19(23)26-5-2)16-17(15(13)20(24)27-6-3)28-12-10-8-7-9-11(12)21-16/h7-10H,4-6H2,1-3H3. The lowest BCUT2D eigenvalue weighted by molar-refractivity contribution is 0.0462. The van der Waals surface area contributed by atoms with Gasteiger partial charge in [-0.3, -0.25) is 0 Å². The lowest BCUT2D eigenvalue weighted by Gasteiger charge is -2.06. The SMILES string of the molecule is CCOC(=O)c1c2nc3ccccc3oc-2c(C(=O)OCC)c1C(=O)OCC. The van der Waals surface area contributed by atoms with E-state index in [-0.39, 0.29) is 48.0 Å². The third kappa shape index (κ3) is 3.28. The third-order valence-corrected chi connectivity index (χ3v) is 3.93. The van der Waals surface area contributed by atoms with Crippen molar-refractivity contribution in [3.8, 4) is 11.5 Å². The second kappa shape index (κ2) is 8.08. The summed E-state index contributed by atoms with van der Waals surface area (Å²) in [4.78, 5) is 42.4. The Morgan fingerprint density at radius 1 is 0.821 bits per heavy atom. The molecule has 0 N–H and O–H groups in total. The maximum atomic E-state index is 12.7. The van der Waals surface area contributed by atoms with Gasteiger partial charge in [-0.05, 0) is 32.9 Å². The molecule has 0 aromatic heterocycles. The second-order valence-corrected chi connectivity index (χ2v) is 5.65. The Morgan fingerprint density at radius 3 is 1.96 bits per heavy atom. The molecule has 0 spiro atoms. The molecule has 1 aliphatic carbocycles. The van der Waals surface area contributed by atoms with Crippen LogP contribution in [0.4, 0.5) is 0 Å². The van der Waals surface area contributed by atoms with Gasteiger partial charge in [-0.1, -0.05) is 12.1 Å². The number of para-hydroxylation sites is 2. The molecule has 146 valence electrons. The van der Waals surface area contributed by atoms with Crippen LogP contribution in [0.15, 0.2) is 28.7 Å². The molecule has 8 nitrogen and oxygen atoms in total. The van der Waals surface area contributed by atoms with Gasteiger partial charge in [-0.25, -0.2) is 19.4 Å². The van der Waals surface area contributed by atoms with Gasteiger partial charge in [0.15, 0.2) is 11.3 Å². The molecule has 0 bridgehead atoms. The summed E-state index contributed by atoms with van der Waals surface area (Å²) in [5.41, 5.74) is 0.251. The van der Waals surface area contributed by atoms with Gasteiger partial charge in [0, 0.05) is 0 Å². The molecule has 0 saturated carbocycles. The van der Waals surface area contributed by atoms with Crippen LogP contribution in [0, 0.1) is 0 Å². The van der Waals surface area contributed by atoms with Gasteiger partial charge in [0.05, 0.1) is 25.4 Å². The van der Waals surface area contributed by atoms with Crippen LogP contribution < -0.4 is 0 Å². The molecule has 1 aromatic carbocycles. The molecule has 3 rings (SSSR count). The van der Waals surface area contributed by atoms with Crippen molar-refractivity contribution in [2.45, 2.75) is 20.8 Å². The van der Waals surface area contributed by atoms with Crippen LogP contribution in [0.2, 0.25) is 0 Å². The van der Waals surface area contributed by atoms with Crippen LogP contribution >= 0.6 is 0 Å². The number of benzene rings is 1. The molecular weight excluding hydrogens is 366 g/mol. The first-order valence-electron chi connectivity index (χ1n) is 8.89. The predicted octanol–water partition coefficient (Wildman–Crippen LogP) is 3.46. The maximum Gasteiger partial charge on any atom is 0.342 e. The van der Waals surface area contributed by atoms with E-state index in [1.54, 1.807) is 45.0 Å². The van der Waals surface area contributed by atoms with Crippen molar-refractivity contribution in [2.24, 2.45) is 0 Å². The molecule has 0 unspecified atom stereocenters. The molecule has 2 aliphatic rings. The highest BCUT2D eigenvalue weighted by Crippen LogP contribution is 2.39. The number of rotatable bonds is 6. The van der Waals surface area contributed by atoms with E-state index in [0.717, 1.165) is 0 Å². The molecule has 1 heterocycles. The fourth-order valence-electron chi connectivity index (χ4n) is 2.87. The molecule has 0 radical (unpaired) electrons. The van der Waals surface area contributed by atoms with Crippen molar-refractivity contribution in [1.82, 2.24) is 4.98 Å². The van der Waals surface area contributed by atoms with Crippen molar-refractivity contribution >= 4 is 29.0 Å². The van der Waals surface area contributed by atoms with Gasteiger partial charge in [0.2, 0.25) is 0 Å². The van der Waals surface area contributed by atoms with Crippen molar-refractivity contribution < 1.29 is 33.0 Å².